The van der Waals surface area contributed by atoms with Gasteiger partial charge in [-0.2, -0.15) is 11.8 Å². The Hall–Kier alpha value is -2.46. The zero-order valence-electron chi connectivity index (χ0n) is 24.9. The maximum absolute atomic E-state index is 14.7. The highest BCUT2D eigenvalue weighted by Crippen LogP contribution is 2.41. The number of amides is 3. The van der Waals surface area contributed by atoms with Gasteiger partial charge in [0.15, 0.2) is 5.67 Å². The molecule has 1 aromatic heterocycles. The van der Waals surface area contributed by atoms with Crippen molar-refractivity contribution in [3.05, 3.63) is 41.0 Å². The zero-order chi connectivity index (χ0) is 29.9. The van der Waals surface area contributed by atoms with Gasteiger partial charge in [-0.05, 0) is 82.1 Å². The van der Waals surface area contributed by atoms with Crippen molar-refractivity contribution in [2.45, 2.75) is 108 Å². The normalized spacial score (nSPS) is 21.1. The Bertz CT molecular complexity index is 1270. The van der Waals surface area contributed by atoms with E-state index in [-0.39, 0.29) is 24.7 Å². The lowest BCUT2D eigenvalue weighted by atomic mass is 9.91. The predicted octanol–water partition coefficient (Wildman–Crippen LogP) is 5.80. The van der Waals surface area contributed by atoms with Crippen LogP contribution >= 0.6 is 23.1 Å². The van der Waals surface area contributed by atoms with Gasteiger partial charge in [0.2, 0.25) is 11.8 Å². The third-order valence-electron chi connectivity index (χ3n) is 9.00. The van der Waals surface area contributed by atoms with Crippen LogP contribution in [0.2, 0.25) is 0 Å². The molecule has 2 heterocycles. The van der Waals surface area contributed by atoms with Gasteiger partial charge in [0.25, 0.3) is 5.91 Å². The summed E-state index contributed by atoms with van der Waals surface area (Å²) < 4.78 is 14.1. The quantitative estimate of drug-likeness (QED) is 0.334. The number of hydrogen-bond donors (Lipinski definition) is 2. The van der Waals surface area contributed by atoms with Crippen LogP contribution in [0.4, 0.5) is 4.39 Å². The van der Waals surface area contributed by atoms with Crippen LogP contribution in [-0.2, 0) is 20.9 Å². The van der Waals surface area contributed by atoms with Gasteiger partial charge in [0.1, 0.15) is 12.1 Å². The molecule has 2 saturated carbocycles. The molecule has 2 N–H and O–H groups in total. The third kappa shape index (κ3) is 7.18. The number of thiazole rings is 1. The second kappa shape index (κ2) is 13.0. The van der Waals surface area contributed by atoms with Crippen LogP contribution in [0.5, 0.6) is 0 Å². The third-order valence-corrected chi connectivity index (χ3v) is 11.6. The van der Waals surface area contributed by atoms with E-state index in [2.05, 4.69) is 15.6 Å². The second-order valence-corrected chi connectivity index (χ2v) is 15.2. The number of nitrogens with one attached hydrogen (secondary N) is 2. The highest BCUT2D eigenvalue weighted by atomic mass is 32.2. The first kappa shape index (κ1) is 31.0. The molecule has 3 fully saturated rings. The van der Waals surface area contributed by atoms with Gasteiger partial charge in [0.05, 0.1) is 16.1 Å². The molecule has 0 bridgehead atoms. The standard InChI is InChI=1S/C32H43FN4O3S2/c1-21-26(41-20-35-21)24-13-11-22(12-14-24)18-34-28(38)25-10-7-17-37(25)29(39)27(36-30(40)32(33)15-16-32)31(2,3)42-19-23-8-5-4-6-9-23/h11-14,20,23,25,27H,4-10,15-19H2,1-3H3,(H,34,38)(H,36,40). The lowest BCUT2D eigenvalue weighted by molar-refractivity contribution is -0.143. The van der Waals surface area contributed by atoms with E-state index in [1.807, 2.05) is 50.5 Å². The molecule has 0 radical (unpaired) electrons. The minimum Gasteiger partial charge on any atom is -0.350 e. The molecule has 3 aliphatic rings. The second-order valence-electron chi connectivity index (χ2n) is 12.7. The van der Waals surface area contributed by atoms with Gasteiger partial charge in [-0.1, -0.05) is 43.5 Å². The highest BCUT2D eigenvalue weighted by Gasteiger charge is 2.53. The molecule has 2 atom stereocenters. The topological polar surface area (TPSA) is 91.4 Å². The molecule has 7 nitrogen and oxygen atoms in total. The summed E-state index contributed by atoms with van der Waals surface area (Å²) in [5.74, 6) is 0.291. The van der Waals surface area contributed by atoms with E-state index in [4.69, 9.17) is 0 Å². The SMILES string of the molecule is Cc1ncsc1-c1ccc(CNC(=O)C2CCCN2C(=O)C(NC(=O)C2(F)CC2)C(C)(C)SCC2CCCCC2)cc1. The minimum atomic E-state index is -1.88. The monoisotopic (exact) mass is 614 g/mol. The first-order valence-corrected chi connectivity index (χ1v) is 17.2. The number of hydrogen-bond acceptors (Lipinski definition) is 6. The molecule has 2 aromatic rings. The Morgan fingerprint density at radius 1 is 1.12 bits per heavy atom. The molecule has 0 spiro atoms. The number of alkyl halides is 1. The van der Waals surface area contributed by atoms with Crippen LogP contribution in [-0.4, -0.2) is 62.4 Å². The fourth-order valence-electron chi connectivity index (χ4n) is 6.03. The molecule has 228 valence electrons. The number of carbonyl (C=O) groups is 3. The fraction of sp³-hybridized carbons (Fsp3) is 0.625. The first-order valence-electron chi connectivity index (χ1n) is 15.3. The van der Waals surface area contributed by atoms with Crippen molar-refractivity contribution >= 4 is 40.8 Å². The molecular weight excluding hydrogens is 572 g/mol. The fourth-order valence-corrected chi connectivity index (χ4v) is 8.17. The smallest absolute Gasteiger partial charge is 0.258 e. The van der Waals surface area contributed by atoms with E-state index in [9.17, 15) is 18.8 Å². The highest BCUT2D eigenvalue weighted by molar-refractivity contribution is 8.00. The maximum atomic E-state index is 14.7. The number of rotatable bonds is 11. The van der Waals surface area contributed by atoms with Crippen LogP contribution in [0.3, 0.4) is 0 Å². The van der Waals surface area contributed by atoms with Crippen molar-refractivity contribution in [1.29, 1.82) is 0 Å². The molecule has 10 heteroatoms. The Labute approximate surface area is 256 Å². The summed E-state index contributed by atoms with van der Waals surface area (Å²) in [4.78, 5) is 47.4. The number of carbonyl (C=O) groups excluding carboxylic acids is 3. The van der Waals surface area contributed by atoms with E-state index in [1.165, 1.54) is 32.1 Å². The van der Waals surface area contributed by atoms with E-state index >= 15 is 0 Å². The molecule has 3 amide bonds. The van der Waals surface area contributed by atoms with Gasteiger partial charge >= 0.3 is 0 Å². The van der Waals surface area contributed by atoms with E-state index in [0.29, 0.717) is 31.8 Å². The van der Waals surface area contributed by atoms with Crippen molar-refractivity contribution in [2.24, 2.45) is 5.92 Å². The number of benzene rings is 1. The van der Waals surface area contributed by atoms with Crippen LogP contribution in [0, 0.1) is 12.8 Å². The Morgan fingerprint density at radius 2 is 1.83 bits per heavy atom. The van der Waals surface area contributed by atoms with E-state index < -0.39 is 28.4 Å². The minimum absolute atomic E-state index is 0.189. The van der Waals surface area contributed by atoms with Gasteiger partial charge in [-0.15, -0.1) is 11.3 Å². The first-order chi connectivity index (χ1) is 20.1. The number of aryl methyl sites for hydroxylation is 1. The molecule has 1 saturated heterocycles. The average Bonchev–Trinajstić information content (AvgIpc) is 3.34. The predicted molar refractivity (Wildman–Crippen MR) is 167 cm³/mol. The van der Waals surface area contributed by atoms with Crippen LogP contribution < -0.4 is 10.6 Å². The number of halogens is 1. The zero-order valence-corrected chi connectivity index (χ0v) is 26.6. The molecule has 1 aromatic carbocycles. The summed E-state index contributed by atoms with van der Waals surface area (Å²) >= 11 is 3.28. The van der Waals surface area contributed by atoms with Crippen molar-refractivity contribution < 1.29 is 18.8 Å². The Morgan fingerprint density at radius 3 is 2.48 bits per heavy atom. The average molecular weight is 615 g/mol. The summed E-state index contributed by atoms with van der Waals surface area (Å²) in [6.45, 7) is 6.71. The van der Waals surface area contributed by atoms with E-state index in [1.54, 1.807) is 28.0 Å². The molecule has 2 unspecified atom stereocenters. The van der Waals surface area contributed by atoms with Crippen molar-refractivity contribution in [1.82, 2.24) is 20.5 Å². The largest absolute Gasteiger partial charge is 0.350 e. The summed E-state index contributed by atoms with van der Waals surface area (Å²) in [5.41, 5.74) is 3.01. The van der Waals surface area contributed by atoms with Gasteiger partial charge in [-0.25, -0.2) is 9.37 Å². The number of aromatic nitrogens is 1. The molecule has 2 aliphatic carbocycles. The summed E-state index contributed by atoms with van der Waals surface area (Å²) in [7, 11) is 0. The van der Waals surface area contributed by atoms with Gasteiger partial charge in [0, 0.05) is 17.8 Å². The maximum Gasteiger partial charge on any atom is 0.258 e. The summed E-state index contributed by atoms with van der Waals surface area (Å²) in [6.07, 6.45) is 7.75. The number of nitrogens with zero attached hydrogens (tertiary/aromatic N) is 2. The van der Waals surface area contributed by atoms with Crippen LogP contribution in [0.25, 0.3) is 10.4 Å². The Kier molecular flexibility index (Phi) is 9.62. The molecule has 1 aliphatic heterocycles. The van der Waals surface area contributed by atoms with Gasteiger partial charge < -0.3 is 15.5 Å². The van der Waals surface area contributed by atoms with Crippen LogP contribution in [0.15, 0.2) is 29.8 Å². The number of likely N-dealkylation sites (tertiary alicyclic amines) is 1. The molecule has 5 rings (SSSR count). The van der Waals surface area contributed by atoms with E-state index in [0.717, 1.165) is 27.5 Å². The Balaban J connectivity index is 1.24. The summed E-state index contributed by atoms with van der Waals surface area (Å²) in [6, 6.07) is 6.53. The van der Waals surface area contributed by atoms with Crippen molar-refractivity contribution in [3.63, 3.8) is 0 Å². The molecule has 42 heavy (non-hydrogen) atoms. The van der Waals surface area contributed by atoms with Crippen molar-refractivity contribution in [3.8, 4) is 10.4 Å². The summed E-state index contributed by atoms with van der Waals surface area (Å²) in [5, 5.41) is 5.82. The van der Waals surface area contributed by atoms with Crippen LogP contribution in [0.1, 0.15) is 82.9 Å². The van der Waals surface area contributed by atoms with Gasteiger partial charge in [-0.3, -0.25) is 14.4 Å². The lowest BCUT2D eigenvalue weighted by Gasteiger charge is -2.38. The molecular formula is C32H43FN4O3S2. The van der Waals surface area contributed by atoms with Crippen molar-refractivity contribution in [2.75, 3.05) is 12.3 Å². The number of thioether (sulfide) groups is 1. The lowest BCUT2D eigenvalue weighted by Crippen LogP contribution is -2.61.